The highest BCUT2D eigenvalue weighted by Gasteiger charge is 2.08. The number of nitrogens with zero attached hydrogens (tertiary/aromatic N) is 2. The number of carbonyl (C=O) groups is 1. The third-order valence-electron chi connectivity index (χ3n) is 3.39. The molecule has 0 spiro atoms. The Morgan fingerprint density at radius 2 is 1.80 bits per heavy atom. The van der Waals surface area contributed by atoms with Crippen LogP contribution >= 0.6 is 0 Å². The van der Waals surface area contributed by atoms with Gasteiger partial charge in [-0.1, -0.05) is 6.07 Å². The maximum absolute atomic E-state index is 13.2. The Morgan fingerprint density at radius 3 is 2.52 bits per heavy atom. The molecule has 0 saturated heterocycles. The number of nitrogens with one attached hydrogen (secondary N) is 2. The molecule has 1 heterocycles. The summed E-state index contributed by atoms with van der Waals surface area (Å²) in [5.74, 6) is -0.687. The molecule has 2 aromatic carbocycles. The topological polar surface area (TPSA) is 77.8 Å². The summed E-state index contributed by atoms with van der Waals surface area (Å²) in [6.45, 7) is 0. The van der Waals surface area contributed by atoms with Crippen LogP contribution in [0.1, 0.15) is 15.9 Å². The van der Waals surface area contributed by atoms with Crippen molar-refractivity contribution in [3.63, 3.8) is 0 Å². The summed E-state index contributed by atoms with van der Waals surface area (Å²) in [5, 5.41) is 14.5. The van der Waals surface area contributed by atoms with Crippen molar-refractivity contribution in [2.45, 2.75) is 0 Å². The molecular weight excluding hydrogens is 319 g/mol. The van der Waals surface area contributed by atoms with Crippen molar-refractivity contribution in [2.24, 2.45) is 0 Å². The molecule has 122 valence electrons. The molecule has 1 amide bonds. The molecule has 0 aliphatic rings. The zero-order valence-corrected chi connectivity index (χ0v) is 13.0. The smallest absolute Gasteiger partial charge is 0.257 e. The molecule has 3 aromatic rings. The van der Waals surface area contributed by atoms with Gasteiger partial charge in [-0.2, -0.15) is 5.26 Å². The first-order valence-electron chi connectivity index (χ1n) is 7.43. The third kappa shape index (κ3) is 4.18. The molecule has 0 fully saturated rings. The second-order valence-electron chi connectivity index (χ2n) is 5.24. The van der Waals surface area contributed by atoms with Gasteiger partial charge in [0.05, 0.1) is 29.1 Å². The van der Waals surface area contributed by atoms with Crippen molar-refractivity contribution in [2.75, 3.05) is 10.6 Å². The minimum atomic E-state index is -0.354. The molecule has 3 rings (SSSR count). The predicted octanol–water partition coefficient (Wildman–Crippen LogP) is 4.09. The van der Waals surface area contributed by atoms with Crippen LogP contribution in [0.25, 0.3) is 0 Å². The second kappa shape index (κ2) is 7.23. The van der Waals surface area contributed by atoms with E-state index >= 15 is 0 Å². The molecule has 0 radical (unpaired) electrons. The first-order chi connectivity index (χ1) is 12.1. The molecular formula is C19H13FN4O. The summed E-state index contributed by atoms with van der Waals surface area (Å²) in [6, 6.07) is 16.2. The first kappa shape index (κ1) is 16.1. The van der Waals surface area contributed by atoms with Crippen molar-refractivity contribution in [1.82, 2.24) is 4.98 Å². The average Bonchev–Trinajstić information content (AvgIpc) is 2.62. The van der Waals surface area contributed by atoms with Crippen LogP contribution in [0.5, 0.6) is 0 Å². The maximum atomic E-state index is 13.2. The van der Waals surface area contributed by atoms with Gasteiger partial charge in [0.25, 0.3) is 5.91 Å². The minimum Gasteiger partial charge on any atom is -0.354 e. The molecule has 0 saturated carbocycles. The van der Waals surface area contributed by atoms with Gasteiger partial charge in [0, 0.05) is 17.6 Å². The number of hydrogen-bond acceptors (Lipinski definition) is 4. The molecule has 2 N–H and O–H groups in total. The van der Waals surface area contributed by atoms with Crippen molar-refractivity contribution in [3.05, 3.63) is 83.9 Å². The summed E-state index contributed by atoms with van der Waals surface area (Å²) in [7, 11) is 0. The number of amides is 1. The van der Waals surface area contributed by atoms with Gasteiger partial charge in [-0.3, -0.25) is 9.78 Å². The van der Waals surface area contributed by atoms with Gasteiger partial charge in [-0.25, -0.2) is 4.39 Å². The van der Waals surface area contributed by atoms with E-state index in [1.165, 1.54) is 18.3 Å². The normalized spacial score (nSPS) is 9.92. The highest BCUT2D eigenvalue weighted by molar-refractivity contribution is 6.04. The standard InChI is InChI=1S/C19H13FN4O/c20-15-2-1-3-17(9-15)23-18-8-14(11-22-12-18)19(25)24-16-6-4-13(10-21)5-7-16/h1-9,11-12,23H,(H,24,25). The zero-order valence-electron chi connectivity index (χ0n) is 13.0. The van der Waals surface area contributed by atoms with E-state index in [9.17, 15) is 9.18 Å². The van der Waals surface area contributed by atoms with Crippen LogP contribution in [0.4, 0.5) is 21.5 Å². The van der Waals surface area contributed by atoms with Crippen LogP contribution in [0, 0.1) is 17.1 Å². The van der Waals surface area contributed by atoms with Gasteiger partial charge >= 0.3 is 0 Å². The fraction of sp³-hybridized carbons (Fsp3) is 0. The fourth-order valence-electron chi connectivity index (χ4n) is 2.20. The van der Waals surface area contributed by atoms with Crippen molar-refractivity contribution in [1.29, 1.82) is 5.26 Å². The van der Waals surface area contributed by atoms with Crippen LogP contribution in [0.15, 0.2) is 67.0 Å². The fourth-order valence-corrected chi connectivity index (χ4v) is 2.20. The predicted molar refractivity (Wildman–Crippen MR) is 93.0 cm³/mol. The van der Waals surface area contributed by atoms with Gasteiger partial charge in [-0.15, -0.1) is 0 Å². The number of benzene rings is 2. The molecule has 1 aromatic heterocycles. The monoisotopic (exact) mass is 332 g/mol. The summed E-state index contributed by atoms with van der Waals surface area (Å²) < 4.78 is 13.2. The molecule has 25 heavy (non-hydrogen) atoms. The van der Waals surface area contributed by atoms with E-state index in [1.54, 1.807) is 48.7 Å². The van der Waals surface area contributed by atoms with Crippen LogP contribution in [0.3, 0.4) is 0 Å². The Hall–Kier alpha value is -3.72. The van der Waals surface area contributed by atoms with E-state index in [4.69, 9.17) is 5.26 Å². The summed E-state index contributed by atoms with van der Waals surface area (Å²) in [4.78, 5) is 16.4. The summed E-state index contributed by atoms with van der Waals surface area (Å²) in [6.07, 6.45) is 2.99. The van der Waals surface area contributed by atoms with Gasteiger partial charge in [0.2, 0.25) is 0 Å². The molecule has 0 aliphatic heterocycles. The number of nitriles is 1. The number of aromatic nitrogens is 1. The Kier molecular flexibility index (Phi) is 4.67. The van der Waals surface area contributed by atoms with E-state index in [0.717, 1.165) is 0 Å². The van der Waals surface area contributed by atoms with Crippen molar-refractivity contribution < 1.29 is 9.18 Å². The van der Waals surface area contributed by atoms with E-state index in [-0.39, 0.29) is 11.7 Å². The molecule has 0 atom stereocenters. The Bertz CT molecular complexity index is 948. The molecule has 0 bridgehead atoms. The van der Waals surface area contributed by atoms with Crippen LogP contribution < -0.4 is 10.6 Å². The van der Waals surface area contributed by atoms with Crippen LogP contribution in [-0.4, -0.2) is 10.9 Å². The lowest BCUT2D eigenvalue weighted by Crippen LogP contribution is -2.12. The minimum absolute atomic E-state index is 0.333. The Balaban J connectivity index is 1.73. The average molecular weight is 332 g/mol. The van der Waals surface area contributed by atoms with Crippen molar-refractivity contribution >= 4 is 23.0 Å². The quantitative estimate of drug-likeness (QED) is 0.754. The molecule has 6 heteroatoms. The maximum Gasteiger partial charge on any atom is 0.257 e. The lowest BCUT2D eigenvalue weighted by molar-refractivity contribution is 0.102. The summed E-state index contributed by atoms with van der Waals surface area (Å²) in [5.41, 5.74) is 2.57. The lowest BCUT2D eigenvalue weighted by atomic mass is 10.2. The highest BCUT2D eigenvalue weighted by Crippen LogP contribution is 2.18. The Labute approximate surface area is 143 Å². The van der Waals surface area contributed by atoms with E-state index in [2.05, 4.69) is 15.6 Å². The number of anilines is 3. The van der Waals surface area contributed by atoms with Gasteiger partial charge in [0.15, 0.2) is 0 Å². The third-order valence-corrected chi connectivity index (χ3v) is 3.39. The highest BCUT2D eigenvalue weighted by atomic mass is 19.1. The number of hydrogen-bond donors (Lipinski definition) is 2. The number of pyridine rings is 1. The molecule has 0 aliphatic carbocycles. The van der Waals surface area contributed by atoms with E-state index < -0.39 is 0 Å². The number of carbonyl (C=O) groups excluding carboxylic acids is 1. The molecule has 5 nitrogen and oxygen atoms in total. The zero-order chi connectivity index (χ0) is 17.6. The number of halogens is 1. The van der Waals surface area contributed by atoms with Crippen molar-refractivity contribution in [3.8, 4) is 6.07 Å². The molecule has 0 unspecified atom stereocenters. The second-order valence-corrected chi connectivity index (χ2v) is 5.24. The first-order valence-corrected chi connectivity index (χ1v) is 7.43. The van der Waals surface area contributed by atoms with Crippen LogP contribution in [-0.2, 0) is 0 Å². The van der Waals surface area contributed by atoms with Gasteiger partial charge in [0.1, 0.15) is 5.82 Å². The van der Waals surface area contributed by atoms with Crippen LogP contribution in [0.2, 0.25) is 0 Å². The number of rotatable bonds is 4. The Morgan fingerprint density at radius 1 is 1.00 bits per heavy atom. The largest absolute Gasteiger partial charge is 0.354 e. The summed E-state index contributed by atoms with van der Waals surface area (Å²) >= 11 is 0. The lowest BCUT2D eigenvalue weighted by Gasteiger charge is -2.09. The van der Waals surface area contributed by atoms with Gasteiger partial charge in [-0.05, 0) is 48.5 Å². The SMILES string of the molecule is N#Cc1ccc(NC(=O)c2cncc(Nc3cccc(F)c3)c2)cc1. The van der Waals surface area contributed by atoms with Gasteiger partial charge < -0.3 is 10.6 Å². The van der Waals surface area contributed by atoms with E-state index in [1.807, 2.05) is 6.07 Å². The van der Waals surface area contributed by atoms with E-state index in [0.29, 0.717) is 28.2 Å².